The monoisotopic (exact) mass is 281 g/mol. The van der Waals surface area contributed by atoms with Crippen LogP contribution in [0.25, 0.3) is 10.9 Å². The second kappa shape index (κ2) is 5.28. The van der Waals surface area contributed by atoms with E-state index in [0.717, 1.165) is 16.5 Å². The van der Waals surface area contributed by atoms with Crippen LogP contribution in [0, 0.1) is 6.92 Å². The van der Waals surface area contributed by atoms with Crippen molar-refractivity contribution < 1.29 is 9.84 Å². The number of phenols is 1. The zero-order valence-electron chi connectivity index (χ0n) is 11.8. The standard InChI is InChI=1S/C16H15N3O2/c1-10-4-3-5-11-9-17-16(19-15(10)11)18-12-6-7-14(21-2)13(20)8-12/h3-9,20H,1-2H3,(H,17,18,19). The van der Waals surface area contributed by atoms with Crippen LogP contribution in [0.5, 0.6) is 11.5 Å². The number of methoxy groups -OCH3 is 1. The van der Waals surface area contributed by atoms with Crippen molar-refractivity contribution in [1.82, 2.24) is 9.97 Å². The van der Waals surface area contributed by atoms with Crippen LogP contribution in [0.1, 0.15) is 5.56 Å². The number of fused-ring (bicyclic) bond motifs is 1. The van der Waals surface area contributed by atoms with Crippen LogP contribution >= 0.6 is 0 Å². The van der Waals surface area contributed by atoms with E-state index in [4.69, 9.17) is 4.74 Å². The van der Waals surface area contributed by atoms with Crippen molar-refractivity contribution >= 4 is 22.5 Å². The zero-order chi connectivity index (χ0) is 14.8. The van der Waals surface area contributed by atoms with Gasteiger partial charge >= 0.3 is 0 Å². The van der Waals surface area contributed by atoms with E-state index in [-0.39, 0.29) is 5.75 Å². The normalized spacial score (nSPS) is 10.6. The maximum absolute atomic E-state index is 9.78. The minimum atomic E-state index is 0.0690. The number of hydrogen-bond donors (Lipinski definition) is 2. The minimum absolute atomic E-state index is 0.0690. The van der Waals surface area contributed by atoms with E-state index < -0.39 is 0 Å². The number of aryl methyl sites for hydroxylation is 1. The van der Waals surface area contributed by atoms with Gasteiger partial charge in [-0.05, 0) is 24.6 Å². The van der Waals surface area contributed by atoms with E-state index in [1.54, 1.807) is 24.4 Å². The number of rotatable bonds is 3. The fraction of sp³-hybridized carbons (Fsp3) is 0.125. The van der Waals surface area contributed by atoms with Crippen molar-refractivity contribution in [3.63, 3.8) is 0 Å². The maximum Gasteiger partial charge on any atom is 0.227 e. The predicted octanol–water partition coefficient (Wildman–Crippen LogP) is 3.40. The third-order valence-electron chi connectivity index (χ3n) is 3.25. The number of aromatic hydroxyl groups is 1. The molecule has 0 spiro atoms. The first kappa shape index (κ1) is 13.2. The topological polar surface area (TPSA) is 67.3 Å². The van der Waals surface area contributed by atoms with Crippen molar-refractivity contribution in [1.29, 1.82) is 0 Å². The van der Waals surface area contributed by atoms with Gasteiger partial charge in [0.15, 0.2) is 11.5 Å². The summed E-state index contributed by atoms with van der Waals surface area (Å²) in [5, 5.41) is 13.9. The lowest BCUT2D eigenvalue weighted by molar-refractivity contribution is 0.373. The second-order valence-electron chi connectivity index (χ2n) is 4.72. The predicted molar refractivity (Wildman–Crippen MR) is 82.2 cm³/mol. The number of ether oxygens (including phenoxy) is 1. The highest BCUT2D eigenvalue weighted by molar-refractivity contribution is 5.82. The van der Waals surface area contributed by atoms with Gasteiger partial charge in [0.2, 0.25) is 5.95 Å². The third-order valence-corrected chi connectivity index (χ3v) is 3.25. The molecule has 5 nitrogen and oxygen atoms in total. The number of benzene rings is 2. The fourth-order valence-electron chi connectivity index (χ4n) is 2.16. The summed E-state index contributed by atoms with van der Waals surface area (Å²) in [7, 11) is 1.51. The average molecular weight is 281 g/mol. The molecule has 2 N–H and O–H groups in total. The van der Waals surface area contributed by atoms with E-state index in [1.165, 1.54) is 7.11 Å². The Morgan fingerprint density at radius 1 is 1.19 bits per heavy atom. The molecular weight excluding hydrogens is 266 g/mol. The molecule has 0 fully saturated rings. The Morgan fingerprint density at radius 2 is 2.05 bits per heavy atom. The Hall–Kier alpha value is -2.82. The van der Waals surface area contributed by atoms with E-state index in [1.807, 2.05) is 25.1 Å². The highest BCUT2D eigenvalue weighted by Gasteiger charge is 2.05. The molecule has 0 aliphatic rings. The van der Waals surface area contributed by atoms with Crippen molar-refractivity contribution in [2.24, 2.45) is 0 Å². The largest absolute Gasteiger partial charge is 0.504 e. The molecule has 5 heteroatoms. The van der Waals surface area contributed by atoms with Crippen LogP contribution in [0.4, 0.5) is 11.6 Å². The van der Waals surface area contributed by atoms with Gasteiger partial charge in [-0.15, -0.1) is 0 Å². The molecule has 0 radical (unpaired) electrons. The molecular formula is C16H15N3O2. The molecule has 21 heavy (non-hydrogen) atoms. The van der Waals surface area contributed by atoms with Crippen molar-refractivity contribution in [3.05, 3.63) is 48.2 Å². The number of para-hydroxylation sites is 1. The summed E-state index contributed by atoms with van der Waals surface area (Å²) in [5.74, 6) is 0.983. The highest BCUT2D eigenvalue weighted by atomic mass is 16.5. The van der Waals surface area contributed by atoms with Gasteiger partial charge in [0.05, 0.1) is 12.6 Å². The smallest absolute Gasteiger partial charge is 0.227 e. The second-order valence-corrected chi connectivity index (χ2v) is 4.72. The Balaban J connectivity index is 1.94. The summed E-state index contributed by atoms with van der Waals surface area (Å²) >= 11 is 0. The summed E-state index contributed by atoms with van der Waals surface area (Å²) in [6, 6.07) is 11.0. The van der Waals surface area contributed by atoms with Gasteiger partial charge in [-0.1, -0.05) is 18.2 Å². The number of anilines is 2. The van der Waals surface area contributed by atoms with Gasteiger partial charge in [-0.2, -0.15) is 0 Å². The quantitative estimate of drug-likeness (QED) is 0.770. The molecule has 0 aliphatic heterocycles. The van der Waals surface area contributed by atoms with E-state index in [9.17, 15) is 5.11 Å². The molecule has 0 bridgehead atoms. The molecule has 1 aromatic heterocycles. The number of nitrogens with one attached hydrogen (secondary N) is 1. The van der Waals surface area contributed by atoms with Crippen molar-refractivity contribution in [2.45, 2.75) is 6.92 Å². The molecule has 0 amide bonds. The van der Waals surface area contributed by atoms with Gasteiger partial charge in [0, 0.05) is 23.3 Å². The molecule has 106 valence electrons. The van der Waals surface area contributed by atoms with Crippen molar-refractivity contribution in [2.75, 3.05) is 12.4 Å². The molecule has 0 saturated heterocycles. The van der Waals surface area contributed by atoms with E-state index in [2.05, 4.69) is 15.3 Å². The molecule has 0 aliphatic carbocycles. The first-order chi connectivity index (χ1) is 10.2. The highest BCUT2D eigenvalue weighted by Crippen LogP contribution is 2.29. The van der Waals surface area contributed by atoms with Crippen LogP contribution in [0.2, 0.25) is 0 Å². The Labute approximate surface area is 122 Å². The van der Waals surface area contributed by atoms with Crippen LogP contribution in [0.3, 0.4) is 0 Å². The SMILES string of the molecule is COc1ccc(Nc2ncc3cccc(C)c3n2)cc1O. The summed E-state index contributed by atoms with van der Waals surface area (Å²) in [5.41, 5.74) is 2.70. The van der Waals surface area contributed by atoms with Crippen LogP contribution in [0.15, 0.2) is 42.6 Å². The molecule has 2 aromatic carbocycles. The molecule has 1 heterocycles. The first-order valence-electron chi connectivity index (χ1n) is 6.54. The van der Waals surface area contributed by atoms with Gasteiger partial charge < -0.3 is 15.2 Å². The summed E-state index contributed by atoms with van der Waals surface area (Å²) in [6.07, 6.45) is 1.78. The summed E-state index contributed by atoms with van der Waals surface area (Å²) in [4.78, 5) is 8.79. The number of phenolic OH excluding ortho intramolecular Hbond substituents is 1. The van der Waals surface area contributed by atoms with Gasteiger partial charge in [0.1, 0.15) is 0 Å². The molecule has 0 unspecified atom stereocenters. The number of nitrogens with zero attached hydrogens (tertiary/aromatic N) is 2. The van der Waals surface area contributed by atoms with Crippen LogP contribution in [-0.4, -0.2) is 22.2 Å². The molecule has 3 aromatic rings. The lowest BCUT2D eigenvalue weighted by atomic mass is 10.1. The lowest BCUT2D eigenvalue weighted by Crippen LogP contribution is -1.98. The lowest BCUT2D eigenvalue weighted by Gasteiger charge is -2.09. The number of aromatic nitrogens is 2. The summed E-state index contributed by atoms with van der Waals surface area (Å²) < 4.78 is 5.01. The van der Waals surface area contributed by atoms with Gasteiger partial charge in [-0.3, -0.25) is 0 Å². The van der Waals surface area contributed by atoms with Crippen molar-refractivity contribution in [3.8, 4) is 11.5 Å². The Bertz CT molecular complexity index is 803. The van der Waals surface area contributed by atoms with Crippen LogP contribution < -0.4 is 10.1 Å². The van der Waals surface area contributed by atoms with Gasteiger partial charge in [-0.25, -0.2) is 9.97 Å². The van der Waals surface area contributed by atoms with Gasteiger partial charge in [0.25, 0.3) is 0 Å². The maximum atomic E-state index is 9.78. The Kier molecular flexibility index (Phi) is 3.31. The average Bonchev–Trinajstić information content (AvgIpc) is 2.48. The zero-order valence-corrected chi connectivity index (χ0v) is 11.8. The molecule has 0 saturated carbocycles. The van der Waals surface area contributed by atoms with E-state index >= 15 is 0 Å². The van der Waals surface area contributed by atoms with E-state index in [0.29, 0.717) is 17.4 Å². The Morgan fingerprint density at radius 3 is 2.81 bits per heavy atom. The number of hydrogen-bond acceptors (Lipinski definition) is 5. The molecule has 0 atom stereocenters. The van der Waals surface area contributed by atoms with Crippen LogP contribution in [-0.2, 0) is 0 Å². The fourth-order valence-corrected chi connectivity index (χ4v) is 2.16. The summed E-state index contributed by atoms with van der Waals surface area (Å²) in [6.45, 7) is 2.01. The minimum Gasteiger partial charge on any atom is -0.504 e. The first-order valence-corrected chi connectivity index (χ1v) is 6.54. The third kappa shape index (κ3) is 2.58. The molecule has 3 rings (SSSR count).